The molecule has 1 atom stereocenters. The maximum atomic E-state index is 11.7. The Morgan fingerprint density at radius 2 is 1.88 bits per heavy atom. The molecule has 0 saturated heterocycles. The van der Waals surface area contributed by atoms with Gasteiger partial charge in [0.05, 0.1) is 10.5 Å². The number of benzene rings is 2. The largest absolute Gasteiger partial charge is 0.325 e. The van der Waals surface area contributed by atoms with Gasteiger partial charge in [0.2, 0.25) is 5.91 Å². The fourth-order valence-corrected chi connectivity index (χ4v) is 3.34. The summed E-state index contributed by atoms with van der Waals surface area (Å²) in [5.74, 6) is -0.0572. The molecule has 1 unspecified atom stereocenters. The summed E-state index contributed by atoms with van der Waals surface area (Å²) in [4.78, 5) is 16.2. The van der Waals surface area contributed by atoms with E-state index in [2.05, 4.69) is 45.7 Å². The fraction of sp³-hybridized carbons (Fsp3) is 0.158. The first-order chi connectivity index (χ1) is 11.5. The number of halogens is 1. The Bertz CT molecular complexity index is 856. The molecule has 3 aromatic rings. The van der Waals surface area contributed by atoms with E-state index in [0.29, 0.717) is 0 Å². The summed E-state index contributed by atoms with van der Waals surface area (Å²) in [6.07, 6.45) is 0. The quantitative estimate of drug-likeness (QED) is 0.586. The molecule has 3 nitrogen and oxygen atoms in total. The number of hydrogen-bond donors (Lipinski definition) is 1. The predicted molar refractivity (Wildman–Crippen MR) is 105 cm³/mol. The fourth-order valence-electron chi connectivity index (χ4n) is 2.31. The molecule has 5 heteroatoms. The number of alkyl halides is 1. The van der Waals surface area contributed by atoms with Crippen molar-refractivity contribution in [3.05, 3.63) is 59.5 Å². The SMILES string of the molecule is Cc1ccccc1-c1nc(-c2ccc(NC(=O)C(C)Br)cc2)cs1. The first kappa shape index (κ1) is 16.9. The summed E-state index contributed by atoms with van der Waals surface area (Å²) in [6.45, 7) is 3.89. The van der Waals surface area contributed by atoms with E-state index in [0.717, 1.165) is 22.0 Å². The maximum absolute atomic E-state index is 11.7. The van der Waals surface area contributed by atoms with Crippen molar-refractivity contribution >= 4 is 38.9 Å². The van der Waals surface area contributed by atoms with Gasteiger partial charge >= 0.3 is 0 Å². The summed E-state index contributed by atoms with van der Waals surface area (Å²) in [6, 6.07) is 16.0. The van der Waals surface area contributed by atoms with E-state index in [1.54, 1.807) is 18.3 Å². The number of carbonyl (C=O) groups excluding carboxylic acids is 1. The second-order valence-corrected chi connectivity index (χ2v) is 7.77. The Balaban J connectivity index is 1.81. The van der Waals surface area contributed by atoms with Gasteiger partial charge in [-0.05, 0) is 31.5 Å². The maximum Gasteiger partial charge on any atom is 0.237 e. The van der Waals surface area contributed by atoms with Gasteiger partial charge in [-0.15, -0.1) is 11.3 Å². The zero-order valence-electron chi connectivity index (χ0n) is 13.4. The summed E-state index contributed by atoms with van der Waals surface area (Å²) < 4.78 is 0. The van der Waals surface area contributed by atoms with Crippen molar-refractivity contribution in [3.63, 3.8) is 0 Å². The van der Waals surface area contributed by atoms with E-state index in [1.165, 1.54) is 11.1 Å². The highest BCUT2D eigenvalue weighted by Gasteiger charge is 2.10. The number of amides is 1. The molecular formula is C19H17BrN2OS. The second kappa shape index (κ2) is 7.28. The monoisotopic (exact) mass is 400 g/mol. The smallest absolute Gasteiger partial charge is 0.237 e. The van der Waals surface area contributed by atoms with Crippen LogP contribution in [0.15, 0.2) is 53.9 Å². The lowest BCUT2D eigenvalue weighted by Gasteiger charge is -2.07. The zero-order valence-corrected chi connectivity index (χ0v) is 15.8. The molecule has 0 aliphatic carbocycles. The highest BCUT2D eigenvalue weighted by Crippen LogP contribution is 2.31. The summed E-state index contributed by atoms with van der Waals surface area (Å²) in [5.41, 5.74) is 5.16. The van der Waals surface area contributed by atoms with Gasteiger partial charge in [0.1, 0.15) is 5.01 Å². The Hall–Kier alpha value is -1.98. The molecule has 122 valence electrons. The standard InChI is InChI=1S/C19H17BrN2OS/c1-12-5-3-4-6-16(12)19-22-17(11-24-19)14-7-9-15(10-8-14)21-18(23)13(2)20/h3-11,13H,1-2H3,(H,21,23). The molecule has 2 aromatic carbocycles. The van der Waals surface area contributed by atoms with Crippen LogP contribution in [0.1, 0.15) is 12.5 Å². The lowest BCUT2D eigenvalue weighted by molar-refractivity contribution is -0.115. The summed E-state index contributed by atoms with van der Waals surface area (Å²) >= 11 is 4.90. The van der Waals surface area contributed by atoms with Crippen LogP contribution in [0.25, 0.3) is 21.8 Å². The minimum absolute atomic E-state index is 0.0572. The van der Waals surface area contributed by atoms with Gasteiger partial charge in [-0.25, -0.2) is 4.98 Å². The van der Waals surface area contributed by atoms with E-state index in [4.69, 9.17) is 4.98 Å². The zero-order chi connectivity index (χ0) is 17.1. The van der Waals surface area contributed by atoms with Gasteiger partial charge in [-0.1, -0.05) is 52.3 Å². The molecule has 1 heterocycles. The van der Waals surface area contributed by atoms with Crippen molar-refractivity contribution in [1.82, 2.24) is 4.98 Å². The lowest BCUT2D eigenvalue weighted by atomic mass is 10.1. The van der Waals surface area contributed by atoms with E-state index in [1.807, 2.05) is 36.4 Å². The Morgan fingerprint density at radius 1 is 1.17 bits per heavy atom. The third-order valence-corrected chi connectivity index (χ3v) is 4.98. The van der Waals surface area contributed by atoms with Gasteiger partial charge in [-0.3, -0.25) is 4.79 Å². The topological polar surface area (TPSA) is 42.0 Å². The molecule has 0 spiro atoms. The van der Waals surface area contributed by atoms with Crippen LogP contribution in [0.3, 0.4) is 0 Å². The van der Waals surface area contributed by atoms with Crippen LogP contribution in [0.2, 0.25) is 0 Å². The number of nitrogens with zero attached hydrogens (tertiary/aromatic N) is 1. The van der Waals surface area contributed by atoms with Crippen molar-refractivity contribution in [3.8, 4) is 21.8 Å². The molecule has 1 amide bonds. The highest BCUT2D eigenvalue weighted by molar-refractivity contribution is 9.10. The number of hydrogen-bond acceptors (Lipinski definition) is 3. The van der Waals surface area contributed by atoms with E-state index < -0.39 is 0 Å². The predicted octanol–water partition coefficient (Wildman–Crippen LogP) is 5.51. The molecule has 0 bridgehead atoms. The van der Waals surface area contributed by atoms with Crippen LogP contribution < -0.4 is 5.32 Å². The molecule has 0 radical (unpaired) electrons. The Kier molecular flexibility index (Phi) is 5.11. The normalized spacial score (nSPS) is 12.0. The number of nitrogens with one attached hydrogen (secondary N) is 1. The van der Waals surface area contributed by atoms with Crippen molar-refractivity contribution in [2.45, 2.75) is 18.7 Å². The average molecular weight is 401 g/mol. The molecule has 1 N–H and O–H groups in total. The van der Waals surface area contributed by atoms with Crippen LogP contribution in [0, 0.1) is 6.92 Å². The average Bonchev–Trinajstić information content (AvgIpc) is 3.05. The number of aryl methyl sites for hydroxylation is 1. The molecule has 0 aliphatic heterocycles. The summed E-state index contributed by atoms with van der Waals surface area (Å²) in [7, 11) is 0. The second-order valence-electron chi connectivity index (χ2n) is 5.54. The number of carbonyl (C=O) groups is 1. The third kappa shape index (κ3) is 3.74. The van der Waals surface area contributed by atoms with Crippen LogP contribution in [-0.4, -0.2) is 15.7 Å². The van der Waals surface area contributed by atoms with Crippen molar-refractivity contribution in [2.75, 3.05) is 5.32 Å². The highest BCUT2D eigenvalue weighted by atomic mass is 79.9. The van der Waals surface area contributed by atoms with Crippen LogP contribution in [0.5, 0.6) is 0 Å². The summed E-state index contributed by atoms with van der Waals surface area (Å²) in [5, 5.41) is 5.94. The van der Waals surface area contributed by atoms with Gasteiger partial charge in [0.15, 0.2) is 0 Å². The minimum Gasteiger partial charge on any atom is -0.325 e. The van der Waals surface area contributed by atoms with Gasteiger partial charge in [0.25, 0.3) is 0 Å². The van der Waals surface area contributed by atoms with Crippen LogP contribution >= 0.6 is 27.3 Å². The lowest BCUT2D eigenvalue weighted by Crippen LogP contribution is -2.19. The van der Waals surface area contributed by atoms with Crippen molar-refractivity contribution < 1.29 is 4.79 Å². The molecule has 24 heavy (non-hydrogen) atoms. The van der Waals surface area contributed by atoms with Crippen LogP contribution in [0.4, 0.5) is 5.69 Å². The molecule has 0 saturated carbocycles. The molecule has 3 rings (SSSR count). The third-order valence-electron chi connectivity index (χ3n) is 3.69. The molecular weight excluding hydrogens is 384 g/mol. The van der Waals surface area contributed by atoms with E-state index >= 15 is 0 Å². The number of thiazole rings is 1. The van der Waals surface area contributed by atoms with E-state index in [9.17, 15) is 4.79 Å². The number of anilines is 1. The van der Waals surface area contributed by atoms with Crippen molar-refractivity contribution in [2.24, 2.45) is 0 Å². The minimum atomic E-state index is -0.215. The Morgan fingerprint density at radius 3 is 2.54 bits per heavy atom. The first-order valence-corrected chi connectivity index (χ1v) is 9.41. The number of aromatic nitrogens is 1. The van der Waals surface area contributed by atoms with Crippen molar-refractivity contribution in [1.29, 1.82) is 0 Å². The van der Waals surface area contributed by atoms with Gasteiger partial charge in [0, 0.05) is 22.2 Å². The van der Waals surface area contributed by atoms with E-state index in [-0.39, 0.29) is 10.7 Å². The molecule has 0 fully saturated rings. The first-order valence-electron chi connectivity index (χ1n) is 7.61. The van der Waals surface area contributed by atoms with Gasteiger partial charge < -0.3 is 5.32 Å². The number of rotatable bonds is 4. The van der Waals surface area contributed by atoms with Gasteiger partial charge in [-0.2, -0.15) is 0 Å². The van der Waals surface area contributed by atoms with Crippen LogP contribution in [-0.2, 0) is 4.79 Å². The molecule has 0 aliphatic rings. The Labute approximate surface area is 153 Å². The molecule has 1 aromatic heterocycles.